The zero-order valence-electron chi connectivity index (χ0n) is 13.8. The van der Waals surface area contributed by atoms with Crippen molar-refractivity contribution in [1.29, 1.82) is 0 Å². The lowest BCUT2D eigenvalue weighted by Crippen LogP contribution is -2.14. The number of aliphatic imine (C=N–C) groups is 1. The summed E-state index contributed by atoms with van der Waals surface area (Å²) >= 11 is 1.45. The third-order valence-corrected chi connectivity index (χ3v) is 7.37. The molecule has 2 aromatic carbocycles. The normalized spacial score (nSPS) is 23.2. The van der Waals surface area contributed by atoms with Gasteiger partial charge < -0.3 is 10.6 Å². The predicted octanol–water partition coefficient (Wildman–Crippen LogP) is 2.62. The zero-order valence-corrected chi connectivity index (χ0v) is 15.4. The molecule has 2 aliphatic rings. The first-order chi connectivity index (χ1) is 12.5. The SMILES string of the molecule is O=C(Nc1ccccc1)c1cccc(NC2=NC3CS(=O)(=O)CC3S2)c1. The lowest BCUT2D eigenvalue weighted by molar-refractivity contribution is 0.102. The molecule has 2 aromatic rings. The number of thioether (sulfide) groups is 1. The van der Waals surface area contributed by atoms with E-state index in [0.29, 0.717) is 10.7 Å². The Balaban J connectivity index is 1.44. The average molecular weight is 387 g/mol. The van der Waals surface area contributed by atoms with Gasteiger partial charge in [-0.1, -0.05) is 36.0 Å². The first-order valence-electron chi connectivity index (χ1n) is 8.17. The van der Waals surface area contributed by atoms with E-state index in [4.69, 9.17) is 0 Å². The van der Waals surface area contributed by atoms with Gasteiger partial charge in [-0.3, -0.25) is 9.79 Å². The molecule has 1 saturated heterocycles. The highest BCUT2D eigenvalue weighted by molar-refractivity contribution is 8.15. The Morgan fingerprint density at radius 3 is 2.58 bits per heavy atom. The monoisotopic (exact) mass is 387 g/mol. The molecule has 134 valence electrons. The molecule has 26 heavy (non-hydrogen) atoms. The summed E-state index contributed by atoms with van der Waals surface area (Å²) in [7, 11) is -2.96. The Hall–Kier alpha value is -2.32. The number of nitrogens with one attached hydrogen (secondary N) is 2. The van der Waals surface area contributed by atoms with E-state index in [2.05, 4.69) is 15.6 Å². The van der Waals surface area contributed by atoms with Gasteiger partial charge in [0.2, 0.25) is 0 Å². The molecule has 2 unspecified atom stereocenters. The van der Waals surface area contributed by atoms with Crippen LogP contribution < -0.4 is 10.6 Å². The molecule has 0 aromatic heterocycles. The second-order valence-electron chi connectivity index (χ2n) is 6.26. The van der Waals surface area contributed by atoms with E-state index in [9.17, 15) is 13.2 Å². The zero-order chi connectivity index (χ0) is 18.1. The fourth-order valence-electron chi connectivity index (χ4n) is 3.00. The van der Waals surface area contributed by atoms with E-state index in [1.165, 1.54) is 11.8 Å². The van der Waals surface area contributed by atoms with Crippen LogP contribution in [0.2, 0.25) is 0 Å². The maximum Gasteiger partial charge on any atom is 0.255 e. The quantitative estimate of drug-likeness (QED) is 0.845. The molecule has 2 atom stereocenters. The average Bonchev–Trinajstić information content (AvgIpc) is 3.08. The van der Waals surface area contributed by atoms with Crippen LogP contribution in [0.25, 0.3) is 0 Å². The van der Waals surface area contributed by atoms with Gasteiger partial charge in [0.1, 0.15) is 0 Å². The second kappa shape index (κ2) is 6.77. The number of sulfone groups is 1. The molecule has 8 heteroatoms. The van der Waals surface area contributed by atoms with Crippen molar-refractivity contribution in [2.75, 3.05) is 22.1 Å². The van der Waals surface area contributed by atoms with Crippen LogP contribution >= 0.6 is 11.8 Å². The van der Waals surface area contributed by atoms with Crippen molar-refractivity contribution < 1.29 is 13.2 Å². The fourth-order valence-corrected chi connectivity index (χ4v) is 6.68. The minimum atomic E-state index is -2.96. The predicted molar refractivity (Wildman–Crippen MR) is 106 cm³/mol. The van der Waals surface area contributed by atoms with Gasteiger partial charge in [0.15, 0.2) is 15.0 Å². The Bertz CT molecular complexity index is 974. The number of amidine groups is 1. The Kier molecular flexibility index (Phi) is 4.46. The van der Waals surface area contributed by atoms with E-state index in [0.717, 1.165) is 11.4 Å². The molecule has 0 aliphatic carbocycles. The Labute approximate surface area is 156 Å². The van der Waals surface area contributed by atoms with Gasteiger partial charge in [0.25, 0.3) is 5.91 Å². The van der Waals surface area contributed by atoms with Gasteiger partial charge in [-0.15, -0.1) is 0 Å². The maximum absolute atomic E-state index is 12.4. The molecular weight excluding hydrogens is 370 g/mol. The summed E-state index contributed by atoms with van der Waals surface area (Å²) in [6.45, 7) is 0. The number of nitrogens with zero attached hydrogens (tertiary/aromatic N) is 1. The fraction of sp³-hybridized carbons (Fsp3) is 0.222. The van der Waals surface area contributed by atoms with Gasteiger partial charge in [-0.05, 0) is 30.3 Å². The standard InChI is InChI=1S/C18H17N3O3S2/c22-17(19-13-6-2-1-3-7-13)12-5-4-8-14(9-12)20-18-21-15-10-26(23,24)11-16(15)25-18/h1-9,15-16H,10-11H2,(H,19,22)(H,20,21). The first kappa shape index (κ1) is 17.1. The van der Waals surface area contributed by atoms with Crippen molar-refractivity contribution >= 4 is 44.0 Å². The summed E-state index contributed by atoms with van der Waals surface area (Å²) in [4.78, 5) is 16.9. The molecule has 2 N–H and O–H groups in total. The van der Waals surface area contributed by atoms with E-state index in [-0.39, 0.29) is 28.7 Å². The van der Waals surface area contributed by atoms with Crippen LogP contribution in [-0.2, 0) is 9.84 Å². The number of hydrogen-bond acceptors (Lipinski definition) is 6. The Morgan fingerprint density at radius 2 is 1.81 bits per heavy atom. The molecule has 0 bridgehead atoms. The van der Waals surface area contributed by atoms with E-state index in [1.54, 1.807) is 18.2 Å². The van der Waals surface area contributed by atoms with E-state index >= 15 is 0 Å². The van der Waals surface area contributed by atoms with Gasteiger partial charge in [0.05, 0.1) is 17.5 Å². The molecule has 0 radical (unpaired) electrons. The molecule has 1 fully saturated rings. The summed E-state index contributed by atoms with van der Waals surface area (Å²) in [5, 5.41) is 6.74. The van der Waals surface area contributed by atoms with Crippen LogP contribution in [0.3, 0.4) is 0 Å². The van der Waals surface area contributed by atoms with Gasteiger partial charge in [0, 0.05) is 22.2 Å². The van der Waals surface area contributed by atoms with Crippen LogP contribution in [0.15, 0.2) is 59.6 Å². The summed E-state index contributed by atoms with van der Waals surface area (Å²) < 4.78 is 23.3. The van der Waals surface area contributed by atoms with E-state index < -0.39 is 9.84 Å². The molecule has 4 rings (SSSR count). The van der Waals surface area contributed by atoms with Crippen LogP contribution in [0.4, 0.5) is 11.4 Å². The number of benzene rings is 2. The van der Waals surface area contributed by atoms with Crippen molar-refractivity contribution in [2.24, 2.45) is 4.99 Å². The largest absolute Gasteiger partial charge is 0.335 e. The highest BCUT2D eigenvalue weighted by atomic mass is 32.2. The smallest absolute Gasteiger partial charge is 0.255 e. The second-order valence-corrected chi connectivity index (χ2v) is 9.64. The Morgan fingerprint density at radius 1 is 1.04 bits per heavy atom. The number of para-hydroxylation sites is 1. The van der Waals surface area contributed by atoms with E-state index in [1.807, 2.05) is 36.4 Å². The summed E-state index contributed by atoms with van der Waals surface area (Å²) in [5.74, 6) is 0.107. The molecule has 2 heterocycles. The number of amides is 1. The molecule has 0 saturated carbocycles. The first-order valence-corrected chi connectivity index (χ1v) is 10.9. The molecule has 0 spiro atoms. The highest BCUT2D eigenvalue weighted by Crippen LogP contribution is 2.34. The molecule has 2 aliphatic heterocycles. The number of carbonyl (C=O) groups is 1. The van der Waals surface area contributed by atoms with Crippen LogP contribution in [0.5, 0.6) is 0 Å². The van der Waals surface area contributed by atoms with Crippen molar-refractivity contribution in [3.63, 3.8) is 0 Å². The van der Waals surface area contributed by atoms with Gasteiger partial charge >= 0.3 is 0 Å². The lowest BCUT2D eigenvalue weighted by atomic mass is 10.2. The van der Waals surface area contributed by atoms with Gasteiger partial charge in [-0.25, -0.2) is 8.42 Å². The summed E-state index contributed by atoms with van der Waals surface area (Å²) in [6.07, 6.45) is 0. The maximum atomic E-state index is 12.4. The van der Waals surface area contributed by atoms with Crippen LogP contribution in [0.1, 0.15) is 10.4 Å². The lowest BCUT2D eigenvalue weighted by Gasteiger charge is -2.09. The third kappa shape index (κ3) is 3.76. The summed E-state index contributed by atoms with van der Waals surface area (Å²) in [6, 6.07) is 16.3. The number of carbonyl (C=O) groups excluding carboxylic acids is 1. The molecule has 6 nitrogen and oxygen atoms in total. The topological polar surface area (TPSA) is 87.6 Å². The van der Waals surface area contributed by atoms with Crippen molar-refractivity contribution in [1.82, 2.24) is 0 Å². The third-order valence-electron chi connectivity index (χ3n) is 4.23. The van der Waals surface area contributed by atoms with Crippen molar-refractivity contribution in [3.05, 3.63) is 60.2 Å². The minimum Gasteiger partial charge on any atom is -0.335 e. The molecular formula is C18H17N3O3S2. The minimum absolute atomic E-state index is 0.00735. The van der Waals surface area contributed by atoms with Crippen LogP contribution in [-0.4, -0.2) is 42.3 Å². The highest BCUT2D eigenvalue weighted by Gasteiger charge is 2.42. The van der Waals surface area contributed by atoms with Gasteiger partial charge in [-0.2, -0.15) is 0 Å². The van der Waals surface area contributed by atoms with Crippen molar-refractivity contribution in [3.8, 4) is 0 Å². The number of hydrogen-bond donors (Lipinski definition) is 2. The number of anilines is 2. The van der Waals surface area contributed by atoms with Crippen LogP contribution in [0, 0.1) is 0 Å². The van der Waals surface area contributed by atoms with Crippen molar-refractivity contribution in [2.45, 2.75) is 11.3 Å². The number of rotatable bonds is 3. The summed E-state index contributed by atoms with van der Waals surface area (Å²) in [5.41, 5.74) is 2.02. The molecule has 1 amide bonds. The number of fused-ring (bicyclic) bond motifs is 1.